The highest BCUT2D eigenvalue weighted by molar-refractivity contribution is 7.80. The van der Waals surface area contributed by atoms with Gasteiger partial charge in [0.2, 0.25) is 0 Å². The molecule has 1 heterocycles. The van der Waals surface area contributed by atoms with E-state index >= 15 is 0 Å². The fraction of sp³-hybridized carbons (Fsp3) is 0.163. The summed E-state index contributed by atoms with van der Waals surface area (Å²) in [5.74, 6) is -0.979. The molecule has 4 aromatic rings. The van der Waals surface area contributed by atoms with Gasteiger partial charge in [-0.2, -0.15) is 0 Å². The number of phenolic OH excluding ortho intramolecular Hbond substituents is 2. The molecule has 10 nitrogen and oxygen atoms in total. The topological polar surface area (TPSA) is 158 Å². The smallest absolute Gasteiger partial charge is 0.336 e. The Bertz CT molecular complexity index is 2370. The molecule has 1 aliphatic heterocycles. The SMILES string of the molecule is O=C(COc1cc(/C=C/c2ccccc2)ccc1O)NCCCCCCC(=S)Nc1ccc(-c2c3ccc(=O)cc-3oc3cc(O)ccc23)c(C(=O)O)c1. The van der Waals surface area contributed by atoms with E-state index < -0.39 is 5.97 Å². The number of unbranched alkanes of at least 4 members (excludes halogenated alkanes) is 3. The van der Waals surface area contributed by atoms with Gasteiger partial charge in [-0.3, -0.25) is 9.59 Å². The predicted molar refractivity (Wildman–Crippen MR) is 214 cm³/mol. The van der Waals surface area contributed by atoms with Gasteiger partial charge < -0.3 is 35.1 Å². The van der Waals surface area contributed by atoms with Crippen LogP contribution in [0.4, 0.5) is 5.69 Å². The standard InChI is InChI=1S/C43H38N2O8S/c46-30-15-18-33-37(24-30)53-38-25-31(47)16-19-34(38)42(33)32-17-14-29(23-35(32)43(50)51)45-41(54)10-6-1-2-7-21-44-40(49)26-52-39-22-28(13-20-36(39)48)12-11-27-8-4-3-5-9-27/h3-5,8-9,11-20,22-25,46,48H,1-2,6-7,10,21,26H2,(H,44,49)(H,45,54)(H,50,51)/b12-11+. The minimum absolute atomic E-state index is 0.0253. The van der Waals surface area contributed by atoms with Crippen molar-refractivity contribution in [3.05, 3.63) is 130 Å². The second-order valence-corrected chi connectivity index (χ2v) is 13.2. The van der Waals surface area contributed by atoms with E-state index in [2.05, 4.69) is 10.6 Å². The molecule has 1 amide bonds. The average Bonchev–Trinajstić information content (AvgIpc) is 3.16. The second kappa shape index (κ2) is 17.4. The van der Waals surface area contributed by atoms with E-state index in [1.54, 1.807) is 36.4 Å². The number of nitrogens with one attached hydrogen (secondary N) is 2. The van der Waals surface area contributed by atoms with Crippen LogP contribution in [0.2, 0.25) is 0 Å². The van der Waals surface area contributed by atoms with Crippen LogP contribution in [0.15, 0.2) is 112 Å². The Morgan fingerprint density at radius 2 is 1.57 bits per heavy atom. The minimum Gasteiger partial charge on any atom is -0.508 e. The van der Waals surface area contributed by atoms with Gasteiger partial charge in [0, 0.05) is 40.9 Å². The largest absolute Gasteiger partial charge is 0.508 e. The molecule has 0 saturated heterocycles. The molecule has 2 aliphatic rings. The van der Waals surface area contributed by atoms with Gasteiger partial charge in [0.1, 0.15) is 17.1 Å². The zero-order valence-electron chi connectivity index (χ0n) is 29.2. The van der Waals surface area contributed by atoms with E-state index in [1.807, 2.05) is 42.5 Å². The van der Waals surface area contributed by atoms with E-state index in [4.69, 9.17) is 21.4 Å². The molecule has 0 radical (unpaired) electrons. The van der Waals surface area contributed by atoms with Crippen LogP contribution in [-0.4, -0.2) is 45.3 Å². The summed E-state index contributed by atoms with van der Waals surface area (Å²) < 4.78 is 11.5. The van der Waals surface area contributed by atoms with E-state index in [-0.39, 0.29) is 46.5 Å². The molecule has 1 aliphatic carbocycles. The number of fused-ring (bicyclic) bond motifs is 2. The van der Waals surface area contributed by atoms with Gasteiger partial charge >= 0.3 is 5.97 Å². The first-order chi connectivity index (χ1) is 26.1. The fourth-order valence-corrected chi connectivity index (χ4v) is 6.34. The Balaban J connectivity index is 0.960. The number of carbonyl (C=O) groups excluding carboxylic acids is 1. The van der Waals surface area contributed by atoms with Crippen LogP contribution in [0.1, 0.15) is 53.6 Å². The number of aromatic hydroxyl groups is 2. The van der Waals surface area contributed by atoms with Crippen molar-refractivity contribution in [3.63, 3.8) is 0 Å². The van der Waals surface area contributed by atoms with Crippen molar-refractivity contribution in [2.45, 2.75) is 32.1 Å². The van der Waals surface area contributed by atoms with Gasteiger partial charge in [-0.1, -0.05) is 79.7 Å². The summed E-state index contributed by atoms with van der Waals surface area (Å²) in [6, 6.07) is 28.7. The molecule has 0 spiro atoms. The van der Waals surface area contributed by atoms with E-state index in [0.717, 1.165) is 36.8 Å². The summed E-state index contributed by atoms with van der Waals surface area (Å²) in [5, 5.41) is 37.0. The number of benzene rings is 5. The third-order valence-corrected chi connectivity index (χ3v) is 9.05. The number of carboxylic acid groups (broad SMARTS) is 1. The lowest BCUT2D eigenvalue weighted by molar-refractivity contribution is -0.123. The summed E-state index contributed by atoms with van der Waals surface area (Å²) >= 11 is 5.56. The van der Waals surface area contributed by atoms with Crippen LogP contribution in [0, 0.1) is 0 Å². The first-order valence-corrected chi connectivity index (χ1v) is 17.9. The second-order valence-electron chi connectivity index (χ2n) is 12.7. The van der Waals surface area contributed by atoms with Crippen molar-refractivity contribution in [2.24, 2.45) is 0 Å². The molecule has 0 unspecified atom stereocenters. The van der Waals surface area contributed by atoms with E-state index in [0.29, 0.717) is 51.3 Å². The number of carbonyl (C=O) groups is 2. The minimum atomic E-state index is -1.14. The Hall–Kier alpha value is -6.46. The molecule has 4 aromatic carbocycles. The molecule has 0 atom stereocenters. The number of amides is 1. The van der Waals surface area contributed by atoms with Crippen LogP contribution < -0.4 is 20.8 Å². The van der Waals surface area contributed by atoms with Gasteiger partial charge in [-0.15, -0.1) is 0 Å². The Kier molecular flexibility index (Phi) is 12.0. The highest BCUT2D eigenvalue weighted by Crippen LogP contribution is 2.42. The van der Waals surface area contributed by atoms with Crippen molar-refractivity contribution in [1.82, 2.24) is 5.32 Å². The highest BCUT2D eigenvalue weighted by Gasteiger charge is 2.22. The Morgan fingerprint density at radius 3 is 2.39 bits per heavy atom. The number of phenols is 2. The first kappa shape index (κ1) is 37.3. The molecule has 0 bridgehead atoms. The number of ether oxygens (including phenoxy) is 1. The molecule has 11 heteroatoms. The summed E-state index contributed by atoms with van der Waals surface area (Å²) in [7, 11) is 0. The molecule has 5 N–H and O–H groups in total. The summed E-state index contributed by atoms with van der Waals surface area (Å²) in [4.78, 5) is 37.6. The number of rotatable bonds is 15. The van der Waals surface area contributed by atoms with E-state index in [1.165, 1.54) is 36.4 Å². The lowest BCUT2D eigenvalue weighted by Gasteiger charge is -2.17. The summed E-state index contributed by atoms with van der Waals surface area (Å²) in [5.41, 5.74) is 4.04. The lowest BCUT2D eigenvalue weighted by atomic mass is 9.90. The van der Waals surface area contributed by atoms with Crippen LogP contribution in [0.5, 0.6) is 17.2 Å². The van der Waals surface area contributed by atoms with Crippen LogP contribution in [0.3, 0.4) is 0 Å². The van der Waals surface area contributed by atoms with Crippen molar-refractivity contribution < 1.29 is 34.1 Å². The number of anilines is 1. The molecule has 0 saturated carbocycles. The maximum absolute atomic E-state index is 12.5. The molecule has 274 valence electrons. The summed E-state index contributed by atoms with van der Waals surface area (Å²) in [6.07, 6.45) is 7.79. The van der Waals surface area contributed by atoms with Gasteiger partial charge in [-0.05, 0) is 84.5 Å². The maximum atomic E-state index is 12.5. The summed E-state index contributed by atoms with van der Waals surface area (Å²) in [6.45, 7) is 0.269. The third kappa shape index (κ3) is 9.50. The van der Waals surface area contributed by atoms with Crippen molar-refractivity contribution in [2.75, 3.05) is 18.5 Å². The molecule has 54 heavy (non-hydrogen) atoms. The fourth-order valence-electron chi connectivity index (χ4n) is 6.08. The highest BCUT2D eigenvalue weighted by atomic mass is 32.1. The van der Waals surface area contributed by atoms with Gasteiger partial charge in [-0.25, -0.2) is 4.79 Å². The zero-order valence-corrected chi connectivity index (χ0v) is 30.0. The normalized spacial score (nSPS) is 11.2. The van der Waals surface area contributed by atoms with Crippen molar-refractivity contribution >= 4 is 57.9 Å². The number of thiocarbonyl (C=S) groups is 1. The van der Waals surface area contributed by atoms with Gasteiger partial charge in [0.05, 0.1) is 10.6 Å². The third-order valence-electron chi connectivity index (χ3n) is 8.74. The predicted octanol–water partition coefficient (Wildman–Crippen LogP) is 8.73. The molecule has 6 rings (SSSR count). The molecule has 0 fully saturated rings. The molecular formula is C43H38N2O8S. The number of hydrogen-bond acceptors (Lipinski definition) is 8. The number of hydrogen-bond donors (Lipinski definition) is 5. The Morgan fingerprint density at radius 1 is 0.796 bits per heavy atom. The van der Waals surface area contributed by atoms with Crippen LogP contribution >= 0.6 is 12.2 Å². The van der Waals surface area contributed by atoms with Crippen molar-refractivity contribution in [3.8, 4) is 39.7 Å². The average molecular weight is 743 g/mol. The number of carboxylic acids is 1. The molecule has 0 aromatic heterocycles. The first-order valence-electron chi connectivity index (χ1n) is 17.5. The monoisotopic (exact) mass is 742 g/mol. The maximum Gasteiger partial charge on any atom is 0.336 e. The van der Waals surface area contributed by atoms with Crippen LogP contribution in [0.25, 0.3) is 45.6 Å². The lowest BCUT2D eigenvalue weighted by Crippen LogP contribution is -2.29. The van der Waals surface area contributed by atoms with Crippen LogP contribution in [-0.2, 0) is 4.79 Å². The van der Waals surface area contributed by atoms with Gasteiger partial charge in [0.25, 0.3) is 5.91 Å². The quantitative estimate of drug-likeness (QED) is 0.0298. The van der Waals surface area contributed by atoms with E-state index in [9.17, 15) is 29.7 Å². The Labute approximate surface area is 316 Å². The van der Waals surface area contributed by atoms with Gasteiger partial charge in [0.15, 0.2) is 23.5 Å². The number of aromatic carboxylic acids is 1. The molecular weight excluding hydrogens is 705 g/mol. The van der Waals surface area contributed by atoms with Crippen molar-refractivity contribution in [1.29, 1.82) is 0 Å². The zero-order chi connectivity index (χ0) is 38.0.